The molecule has 0 atom stereocenters. The summed E-state index contributed by atoms with van der Waals surface area (Å²) in [7, 11) is 0. The van der Waals surface area contributed by atoms with E-state index in [0.717, 1.165) is 11.1 Å². The van der Waals surface area contributed by atoms with Crippen LogP contribution in [-0.4, -0.2) is 57.0 Å². The number of nitrogens with zero attached hydrogens (tertiary/aromatic N) is 2. The second-order valence-corrected chi connectivity index (χ2v) is 13.5. The number of hydrogen-bond acceptors (Lipinski definition) is 10. The number of phenols is 2. The monoisotopic (exact) mass is 858 g/mol. The highest BCUT2D eigenvalue weighted by Gasteiger charge is 2.19. The number of halogens is 3. The molecule has 0 saturated heterocycles. The number of benzene rings is 4. The Hall–Kier alpha value is -4.60. The maximum Gasteiger partial charge on any atom is 0.269 e. The maximum absolute atomic E-state index is 13.0. The van der Waals surface area contributed by atoms with Crippen LogP contribution in [0.2, 0.25) is 0 Å². The molecule has 0 unspecified atom stereocenters. The van der Waals surface area contributed by atoms with Crippen LogP contribution >= 0.6 is 47.8 Å². The molecule has 0 radical (unpaired) electrons. The normalized spacial score (nSPS) is 16.3. The largest absolute Gasteiger partial charge is 0.504 e. The van der Waals surface area contributed by atoms with Crippen LogP contribution in [0.4, 0.5) is 0 Å². The highest BCUT2D eigenvalue weighted by molar-refractivity contribution is 9.11. The molecule has 7 rings (SSSR count). The summed E-state index contributed by atoms with van der Waals surface area (Å²) in [5.41, 5.74) is 2.52. The van der Waals surface area contributed by atoms with Crippen LogP contribution in [0.3, 0.4) is 0 Å². The molecule has 4 aromatic rings. The first-order chi connectivity index (χ1) is 23.5. The van der Waals surface area contributed by atoms with Crippen molar-refractivity contribution in [1.29, 1.82) is 0 Å². The van der Waals surface area contributed by atoms with Gasteiger partial charge in [-0.25, -0.2) is 0 Å². The molecule has 8 bridgehead atoms. The number of oxime groups is 2. The number of carbonyl (C=O) groups is 2. The molecular weight excluding hydrogens is 832 g/mol. The highest BCUT2D eigenvalue weighted by atomic mass is 79.9. The van der Waals surface area contributed by atoms with Gasteiger partial charge in [-0.15, -0.1) is 0 Å². The lowest BCUT2D eigenvalue weighted by molar-refractivity contribution is -0.115. The smallest absolute Gasteiger partial charge is 0.269 e. The molecular formula is C34H29Br3N4O8. The fourth-order valence-electron chi connectivity index (χ4n) is 4.91. The molecule has 0 saturated carbocycles. The van der Waals surface area contributed by atoms with Gasteiger partial charge in [0.25, 0.3) is 11.8 Å². The van der Waals surface area contributed by atoms with E-state index < -0.39 is 11.8 Å². The molecule has 254 valence electrons. The van der Waals surface area contributed by atoms with Crippen molar-refractivity contribution in [3.8, 4) is 34.5 Å². The van der Waals surface area contributed by atoms with Crippen molar-refractivity contribution in [2.75, 3.05) is 13.1 Å². The molecule has 0 aliphatic carbocycles. The van der Waals surface area contributed by atoms with E-state index in [1.807, 2.05) is 12.1 Å². The minimum atomic E-state index is -0.598. The van der Waals surface area contributed by atoms with Gasteiger partial charge in [-0.05, 0) is 131 Å². The first kappa shape index (κ1) is 35.7. The number of nitrogens with one attached hydrogen (secondary N) is 2. The van der Waals surface area contributed by atoms with Crippen LogP contribution in [0.5, 0.6) is 34.5 Å². The summed E-state index contributed by atoms with van der Waals surface area (Å²) in [5, 5.41) is 52.4. The number of rotatable bonds is 0. The van der Waals surface area contributed by atoms with E-state index >= 15 is 0 Å². The van der Waals surface area contributed by atoms with Gasteiger partial charge in [-0.2, -0.15) is 0 Å². The zero-order chi connectivity index (χ0) is 35.1. The van der Waals surface area contributed by atoms with Crippen molar-refractivity contribution in [2.24, 2.45) is 10.3 Å². The lowest BCUT2D eigenvalue weighted by atomic mass is 10.1. The molecule has 49 heavy (non-hydrogen) atoms. The number of hydrogen-bond donors (Lipinski definition) is 6. The predicted molar refractivity (Wildman–Crippen MR) is 192 cm³/mol. The van der Waals surface area contributed by atoms with Gasteiger partial charge in [0.05, 0.1) is 13.4 Å². The van der Waals surface area contributed by atoms with E-state index in [-0.39, 0.29) is 64.8 Å². The fraction of sp³-hybridized carbons (Fsp3) is 0.176. The Kier molecular flexibility index (Phi) is 11.8. The van der Waals surface area contributed by atoms with Gasteiger partial charge in [0.15, 0.2) is 23.0 Å². The Morgan fingerprint density at radius 1 is 0.571 bits per heavy atom. The van der Waals surface area contributed by atoms with E-state index in [1.165, 1.54) is 12.1 Å². The summed E-state index contributed by atoms with van der Waals surface area (Å²) in [5.74, 6) is -0.349. The Morgan fingerprint density at radius 3 is 1.63 bits per heavy atom. The van der Waals surface area contributed by atoms with Gasteiger partial charge in [0.2, 0.25) is 0 Å². The quantitative estimate of drug-likeness (QED) is 0.0830. The molecule has 2 amide bonds. The van der Waals surface area contributed by atoms with Crippen molar-refractivity contribution < 1.29 is 39.7 Å². The summed E-state index contributed by atoms with van der Waals surface area (Å²) in [4.78, 5) is 25.8. The summed E-state index contributed by atoms with van der Waals surface area (Å²) in [6.07, 6.45) is 0.782. The average molecular weight is 861 g/mol. The number of fused-ring (bicyclic) bond motifs is 2. The Bertz CT molecular complexity index is 1970. The van der Waals surface area contributed by atoms with E-state index in [0.29, 0.717) is 44.4 Å². The summed E-state index contributed by atoms with van der Waals surface area (Å²) >= 11 is 10.3. The van der Waals surface area contributed by atoms with Crippen molar-refractivity contribution in [2.45, 2.75) is 25.7 Å². The number of ether oxygens (including phenoxy) is 2. The van der Waals surface area contributed by atoms with E-state index in [2.05, 4.69) is 68.7 Å². The van der Waals surface area contributed by atoms with Gasteiger partial charge in [0.1, 0.15) is 22.9 Å². The maximum atomic E-state index is 13.0. The molecule has 3 heterocycles. The van der Waals surface area contributed by atoms with E-state index in [4.69, 9.17) is 9.47 Å². The topological polar surface area (TPSA) is 182 Å². The Balaban J connectivity index is 1.44. The van der Waals surface area contributed by atoms with Crippen molar-refractivity contribution in [1.82, 2.24) is 10.6 Å². The molecule has 15 heteroatoms. The predicted octanol–water partition coefficient (Wildman–Crippen LogP) is 6.75. The van der Waals surface area contributed by atoms with E-state index in [9.17, 15) is 30.2 Å². The SMILES string of the molecule is O=C1NCCc2ccc(c(Br)c2)Oc2cc(ccc2O)CCNC(=O)/C(=N/O)Cc2cc(Br)c(O)c(c2)Oc2ccc(cc2Br)C/C1=N\O. The van der Waals surface area contributed by atoms with Gasteiger partial charge >= 0.3 is 0 Å². The number of phenolic OH excluding ortho intramolecular Hbond substituents is 2. The van der Waals surface area contributed by atoms with Gasteiger partial charge in [-0.3, -0.25) is 9.59 Å². The molecule has 6 N–H and O–H groups in total. The first-order valence-electron chi connectivity index (χ1n) is 14.8. The third-order valence-corrected chi connectivity index (χ3v) is 9.30. The van der Waals surface area contributed by atoms with Crippen LogP contribution < -0.4 is 20.1 Å². The zero-order valence-electron chi connectivity index (χ0n) is 25.5. The molecule has 4 aromatic carbocycles. The summed E-state index contributed by atoms with van der Waals surface area (Å²) < 4.78 is 13.4. The van der Waals surface area contributed by atoms with Crippen LogP contribution in [0.15, 0.2) is 90.5 Å². The van der Waals surface area contributed by atoms with E-state index in [1.54, 1.807) is 42.5 Å². The third-order valence-electron chi connectivity index (χ3n) is 7.45. The second kappa shape index (κ2) is 16.2. The van der Waals surface area contributed by atoms with Gasteiger partial charge in [0, 0.05) is 25.9 Å². The number of aromatic hydroxyl groups is 2. The summed E-state index contributed by atoms with van der Waals surface area (Å²) in [6, 6.07) is 18.3. The summed E-state index contributed by atoms with van der Waals surface area (Å²) in [6.45, 7) is 0.463. The fourth-order valence-corrected chi connectivity index (χ4v) is 6.42. The van der Waals surface area contributed by atoms with Gasteiger partial charge < -0.3 is 40.7 Å². The minimum absolute atomic E-state index is 0.0183. The Labute approximate surface area is 305 Å². The van der Waals surface area contributed by atoms with Crippen LogP contribution in [-0.2, 0) is 35.3 Å². The second-order valence-electron chi connectivity index (χ2n) is 10.9. The lowest BCUT2D eigenvalue weighted by Crippen LogP contribution is -2.33. The van der Waals surface area contributed by atoms with Crippen molar-refractivity contribution >= 4 is 71.0 Å². The molecule has 0 fully saturated rings. The van der Waals surface area contributed by atoms with Crippen LogP contribution in [0, 0.1) is 0 Å². The van der Waals surface area contributed by atoms with Crippen LogP contribution in [0.25, 0.3) is 0 Å². The van der Waals surface area contributed by atoms with Crippen LogP contribution in [0.1, 0.15) is 22.3 Å². The number of carbonyl (C=O) groups excluding carboxylic acids is 2. The van der Waals surface area contributed by atoms with Gasteiger partial charge in [-0.1, -0.05) is 28.5 Å². The van der Waals surface area contributed by atoms with Crippen molar-refractivity contribution in [3.05, 3.63) is 102 Å². The highest BCUT2D eigenvalue weighted by Crippen LogP contribution is 2.40. The lowest BCUT2D eigenvalue weighted by Gasteiger charge is -2.14. The molecule has 3 aliphatic rings. The average Bonchev–Trinajstić information content (AvgIpc) is 3.07. The molecule has 0 spiro atoms. The molecule has 3 aliphatic heterocycles. The minimum Gasteiger partial charge on any atom is -0.504 e. The Morgan fingerprint density at radius 2 is 1.04 bits per heavy atom. The molecule has 12 nitrogen and oxygen atoms in total. The first-order valence-corrected chi connectivity index (χ1v) is 17.2. The third kappa shape index (κ3) is 9.10. The zero-order valence-corrected chi connectivity index (χ0v) is 30.3. The molecule has 0 aromatic heterocycles. The standard InChI is InChI=1S/C34H29Br3N4O8/c35-22-11-18-2-5-28(22)48-30-16-19(1-4-27(30)42)8-10-39-34(45)26(41-47)15-21-13-24(37)32(43)31(17-21)49-29-6-3-20(12-23(29)36)14-25(40-46)33(44)38-9-7-18/h1-6,11-13,16-17,42-43,46-47H,7-10,14-15H2,(H,38,44)(H,39,45)/b40-25+,41-26+. The van der Waals surface area contributed by atoms with Crippen molar-refractivity contribution in [3.63, 3.8) is 0 Å². The number of amides is 2.